The predicted octanol–water partition coefficient (Wildman–Crippen LogP) is 4.47. The van der Waals surface area contributed by atoms with Crippen LogP contribution in [-0.2, 0) is 4.79 Å². The molecule has 6 nitrogen and oxygen atoms in total. The predicted molar refractivity (Wildman–Crippen MR) is 115 cm³/mol. The summed E-state index contributed by atoms with van der Waals surface area (Å²) < 4.78 is 14.9. The van der Waals surface area contributed by atoms with Gasteiger partial charge in [0.05, 0.1) is 29.1 Å². The van der Waals surface area contributed by atoms with E-state index in [4.69, 9.17) is 0 Å². The van der Waals surface area contributed by atoms with Gasteiger partial charge in [-0.1, -0.05) is 17.8 Å². The SMILES string of the molecule is O=C(CSc1ncnc2c1cnn2-c1ccc(F)cc1)N1CCCC1c1cccs1. The summed E-state index contributed by atoms with van der Waals surface area (Å²) in [6, 6.07) is 10.4. The van der Waals surface area contributed by atoms with Crippen LogP contribution in [0.25, 0.3) is 16.7 Å². The van der Waals surface area contributed by atoms with Crippen LogP contribution in [-0.4, -0.2) is 42.9 Å². The number of benzene rings is 1. The summed E-state index contributed by atoms with van der Waals surface area (Å²) in [6.45, 7) is 0.795. The average Bonchev–Trinajstić information content (AvgIpc) is 3.52. The number of hydrogen-bond donors (Lipinski definition) is 0. The number of hydrogen-bond acceptors (Lipinski definition) is 6. The molecule has 1 saturated heterocycles. The van der Waals surface area contributed by atoms with Gasteiger partial charge >= 0.3 is 0 Å². The highest BCUT2D eigenvalue weighted by Crippen LogP contribution is 2.35. The van der Waals surface area contributed by atoms with Crippen molar-refractivity contribution in [2.24, 2.45) is 0 Å². The molecule has 0 bridgehead atoms. The van der Waals surface area contributed by atoms with Gasteiger partial charge in [0.25, 0.3) is 0 Å². The van der Waals surface area contributed by atoms with Crippen LogP contribution in [0, 0.1) is 5.82 Å². The Bertz CT molecular complexity index is 1180. The Kier molecular flexibility index (Phi) is 5.22. The molecule has 30 heavy (non-hydrogen) atoms. The lowest BCUT2D eigenvalue weighted by atomic mass is 10.2. The molecule has 1 fully saturated rings. The summed E-state index contributed by atoms with van der Waals surface area (Å²) in [4.78, 5) is 24.9. The second-order valence-electron chi connectivity index (χ2n) is 7.00. The molecule has 1 atom stereocenters. The van der Waals surface area contributed by atoms with Crippen LogP contribution in [0.3, 0.4) is 0 Å². The first kappa shape index (κ1) is 19.2. The monoisotopic (exact) mass is 439 g/mol. The first-order valence-corrected chi connectivity index (χ1v) is 11.5. The minimum Gasteiger partial charge on any atom is -0.334 e. The lowest BCUT2D eigenvalue weighted by Gasteiger charge is -2.23. The quantitative estimate of drug-likeness (QED) is 0.339. The number of fused-ring (bicyclic) bond motifs is 1. The Hall–Kier alpha value is -2.78. The van der Waals surface area contributed by atoms with Crippen molar-refractivity contribution in [2.45, 2.75) is 23.9 Å². The molecule has 0 spiro atoms. The smallest absolute Gasteiger partial charge is 0.233 e. The van der Waals surface area contributed by atoms with Crippen molar-refractivity contribution in [3.63, 3.8) is 0 Å². The molecule has 1 aliphatic rings. The van der Waals surface area contributed by atoms with Crippen molar-refractivity contribution in [3.05, 3.63) is 65.0 Å². The van der Waals surface area contributed by atoms with Crippen LogP contribution < -0.4 is 0 Å². The molecule has 5 rings (SSSR count). The molecule has 9 heteroatoms. The Morgan fingerprint density at radius 3 is 2.90 bits per heavy atom. The fourth-order valence-corrected chi connectivity index (χ4v) is 5.48. The van der Waals surface area contributed by atoms with Crippen molar-refractivity contribution in [1.82, 2.24) is 24.6 Å². The van der Waals surface area contributed by atoms with Crippen LogP contribution in [0.2, 0.25) is 0 Å². The zero-order chi connectivity index (χ0) is 20.5. The van der Waals surface area contributed by atoms with Crippen molar-refractivity contribution in [2.75, 3.05) is 12.3 Å². The van der Waals surface area contributed by atoms with Gasteiger partial charge in [0, 0.05) is 11.4 Å². The first-order chi connectivity index (χ1) is 14.7. The van der Waals surface area contributed by atoms with Gasteiger partial charge in [0.2, 0.25) is 5.91 Å². The lowest BCUT2D eigenvalue weighted by molar-refractivity contribution is -0.129. The molecule has 1 amide bonds. The standard InChI is InChI=1S/C21H18FN5OS2/c22-14-5-7-15(8-6-14)27-20-16(11-25-27)21(24-13-23-20)30-12-19(28)26-9-1-3-17(26)18-4-2-10-29-18/h2,4-8,10-11,13,17H,1,3,9,12H2. The van der Waals surface area contributed by atoms with Crippen LogP contribution in [0.1, 0.15) is 23.8 Å². The number of carbonyl (C=O) groups is 1. The van der Waals surface area contributed by atoms with E-state index in [0.717, 1.165) is 24.8 Å². The zero-order valence-corrected chi connectivity index (χ0v) is 17.6. The molecule has 3 aromatic heterocycles. The Morgan fingerprint density at radius 2 is 2.10 bits per heavy atom. The summed E-state index contributed by atoms with van der Waals surface area (Å²) in [6.07, 6.45) is 5.21. The first-order valence-electron chi connectivity index (χ1n) is 9.61. The minimum absolute atomic E-state index is 0.119. The van der Waals surface area contributed by atoms with Gasteiger partial charge in [-0.05, 0) is 48.6 Å². The van der Waals surface area contributed by atoms with Gasteiger partial charge in [0.15, 0.2) is 5.65 Å². The van der Waals surface area contributed by atoms with E-state index < -0.39 is 0 Å². The van der Waals surface area contributed by atoms with E-state index in [9.17, 15) is 9.18 Å². The highest BCUT2D eigenvalue weighted by atomic mass is 32.2. The number of likely N-dealkylation sites (tertiary alicyclic amines) is 1. The molecule has 4 heterocycles. The fourth-order valence-electron chi connectivity index (χ4n) is 3.76. The molecule has 4 aromatic rings. The number of thioether (sulfide) groups is 1. The largest absolute Gasteiger partial charge is 0.334 e. The molecular formula is C21H18FN5OS2. The maximum absolute atomic E-state index is 13.2. The molecule has 0 N–H and O–H groups in total. The molecule has 0 aliphatic carbocycles. The van der Waals surface area contributed by atoms with Gasteiger partial charge in [-0.3, -0.25) is 4.79 Å². The van der Waals surface area contributed by atoms with E-state index in [-0.39, 0.29) is 17.8 Å². The molecule has 152 valence electrons. The number of nitrogens with zero attached hydrogens (tertiary/aromatic N) is 5. The Labute approximate surface area is 180 Å². The van der Waals surface area contributed by atoms with Gasteiger partial charge < -0.3 is 4.90 Å². The summed E-state index contributed by atoms with van der Waals surface area (Å²) in [5.74, 6) is 0.131. The second kappa shape index (κ2) is 8.16. The van der Waals surface area contributed by atoms with E-state index in [0.29, 0.717) is 22.1 Å². The third-order valence-electron chi connectivity index (χ3n) is 5.18. The number of carbonyl (C=O) groups excluding carboxylic acids is 1. The van der Waals surface area contributed by atoms with E-state index in [1.807, 2.05) is 11.0 Å². The Balaban J connectivity index is 1.35. The van der Waals surface area contributed by atoms with Crippen LogP contribution in [0.4, 0.5) is 4.39 Å². The normalized spacial score (nSPS) is 16.4. The number of amides is 1. The molecule has 1 aliphatic heterocycles. The maximum atomic E-state index is 13.2. The van der Waals surface area contributed by atoms with E-state index in [1.165, 1.54) is 35.1 Å². The zero-order valence-electron chi connectivity index (χ0n) is 15.9. The van der Waals surface area contributed by atoms with Crippen LogP contribution in [0.5, 0.6) is 0 Å². The molecule has 0 radical (unpaired) electrons. The second-order valence-corrected chi connectivity index (χ2v) is 8.94. The van der Waals surface area contributed by atoms with Crippen LogP contribution in [0.15, 0.2) is 59.3 Å². The summed E-state index contributed by atoms with van der Waals surface area (Å²) in [5.41, 5.74) is 1.34. The summed E-state index contributed by atoms with van der Waals surface area (Å²) in [5, 5.41) is 7.94. The van der Waals surface area contributed by atoms with Crippen LogP contribution >= 0.6 is 23.1 Å². The Morgan fingerprint density at radius 1 is 1.23 bits per heavy atom. The molecule has 0 saturated carbocycles. The number of aromatic nitrogens is 4. The molecule has 1 unspecified atom stereocenters. The molecular weight excluding hydrogens is 421 g/mol. The summed E-state index contributed by atoms with van der Waals surface area (Å²) in [7, 11) is 0. The lowest BCUT2D eigenvalue weighted by Crippen LogP contribution is -2.31. The third-order valence-corrected chi connectivity index (χ3v) is 7.14. The van der Waals surface area contributed by atoms with E-state index in [1.54, 1.807) is 34.3 Å². The van der Waals surface area contributed by atoms with E-state index in [2.05, 4.69) is 26.5 Å². The number of halogens is 1. The average molecular weight is 440 g/mol. The fraction of sp³-hybridized carbons (Fsp3) is 0.238. The van der Waals surface area contributed by atoms with Gasteiger partial charge in [-0.15, -0.1) is 11.3 Å². The maximum Gasteiger partial charge on any atom is 0.233 e. The minimum atomic E-state index is -0.303. The third kappa shape index (κ3) is 3.59. The molecule has 1 aromatic carbocycles. The summed E-state index contributed by atoms with van der Waals surface area (Å²) >= 11 is 3.11. The van der Waals surface area contributed by atoms with Gasteiger partial charge in [-0.25, -0.2) is 19.0 Å². The van der Waals surface area contributed by atoms with Gasteiger partial charge in [-0.2, -0.15) is 5.10 Å². The van der Waals surface area contributed by atoms with Crippen molar-refractivity contribution >= 4 is 40.0 Å². The topological polar surface area (TPSA) is 63.9 Å². The van der Waals surface area contributed by atoms with Crippen molar-refractivity contribution in [1.29, 1.82) is 0 Å². The highest BCUT2D eigenvalue weighted by Gasteiger charge is 2.30. The van der Waals surface area contributed by atoms with Crippen molar-refractivity contribution in [3.8, 4) is 5.69 Å². The van der Waals surface area contributed by atoms with Crippen molar-refractivity contribution < 1.29 is 9.18 Å². The van der Waals surface area contributed by atoms with Gasteiger partial charge in [0.1, 0.15) is 17.2 Å². The number of thiophene rings is 1. The number of rotatable bonds is 5. The highest BCUT2D eigenvalue weighted by molar-refractivity contribution is 8.00. The van der Waals surface area contributed by atoms with E-state index >= 15 is 0 Å².